The molecule has 0 bridgehead atoms. The molecule has 4 rings (SSSR count). The van der Waals surface area contributed by atoms with Crippen LogP contribution in [0.5, 0.6) is 0 Å². The van der Waals surface area contributed by atoms with Gasteiger partial charge in [0.1, 0.15) is 0 Å². The van der Waals surface area contributed by atoms with Crippen LogP contribution in [0.2, 0.25) is 0 Å². The molecule has 0 spiro atoms. The molecule has 2 aromatic heterocycles. The van der Waals surface area contributed by atoms with Crippen molar-refractivity contribution in [3.63, 3.8) is 0 Å². The van der Waals surface area contributed by atoms with Crippen LogP contribution in [0, 0.1) is 0 Å². The number of rotatable bonds is 6. The van der Waals surface area contributed by atoms with Gasteiger partial charge < -0.3 is 15.1 Å². The minimum atomic E-state index is -0.483. The van der Waals surface area contributed by atoms with Crippen LogP contribution in [0.1, 0.15) is 13.3 Å². The molecule has 0 fully saturated rings. The van der Waals surface area contributed by atoms with E-state index >= 15 is 0 Å². The number of oxazole rings is 1. The molecule has 2 amide bonds. The zero-order valence-electron chi connectivity index (χ0n) is 16.0. The fourth-order valence-electron chi connectivity index (χ4n) is 3.01. The van der Waals surface area contributed by atoms with E-state index in [0.717, 1.165) is 11.3 Å². The summed E-state index contributed by atoms with van der Waals surface area (Å²) in [6.45, 7) is 1.67. The first kappa shape index (κ1) is 19.6. The SMILES string of the molecule is CC(=O)Nc1ccc(-c2csc(NC(=O)CCn3c(=O)oc4ccccc43)n2)cc1. The maximum atomic E-state index is 12.3. The number of hydrogen-bond donors (Lipinski definition) is 2. The van der Waals surface area contributed by atoms with E-state index in [4.69, 9.17) is 4.42 Å². The summed E-state index contributed by atoms with van der Waals surface area (Å²) in [4.78, 5) is 39.8. The summed E-state index contributed by atoms with van der Waals surface area (Å²) in [5.74, 6) is -0.857. The summed E-state index contributed by atoms with van der Waals surface area (Å²) >= 11 is 1.32. The number of aryl methyl sites for hydroxylation is 1. The van der Waals surface area contributed by atoms with Crippen LogP contribution in [0.15, 0.2) is 63.1 Å². The van der Waals surface area contributed by atoms with Crippen LogP contribution in [0.25, 0.3) is 22.4 Å². The number of thiazole rings is 1. The molecule has 0 saturated heterocycles. The van der Waals surface area contributed by atoms with Gasteiger partial charge in [-0.15, -0.1) is 11.3 Å². The number of nitrogens with zero attached hydrogens (tertiary/aromatic N) is 2. The Hall–Kier alpha value is -3.72. The Morgan fingerprint density at radius 2 is 1.87 bits per heavy atom. The molecule has 0 aliphatic rings. The highest BCUT2D eigenvalue weighted by Crippen LogP contribution is 2.26. The molecule has 152 valence electrons. The maximum Gasteiger partial charge on any atom is 0.419 e. The van der Waals surface area contributed by atoms with E-state index in [-0.39, 0.29) is 24.8 Å². The summed E-state index contributed by atoms with van der Waals surface area (Å²) in [5.41, 5.74) is 3.46. The summed E-state index contributed by atoms with van der Waals surface area (Å²) in [7, 11) is 0. The summed E-state index contributed by atoms with van der Waals surface area (Å²) in [6, 6.07) is 14.4. The largest absolute Gasteiger partial charge is 0.419 e. The highest BCUT2D eigenvalue weighted by atomic mass is 32.1. The molecule has 0 saturated carbocycles. The van der Waals surface area contributed by atoms with Crippen molar-refractivity contribution in [1.82, 2.24) is 9.55 Å². The Kier molecular flexibility index (Phi) is 5.44. The number of benzene rings is 2. The van der Waals surface area contributed by atoms with Crippen LogP contribution >= 0.6 is 11.3 Å². The summed E-state index contributed by atoms with van der Waals surface area (Å²) in [5, 5.41) is 7.80. The number of carbonyl (C=O) groups is 2. The number of carbonyl (C=O) groups excluding carboxylic acids is 2. The molecule has 0 aliphatic heterocycles. The monoisotopic (exact) mass is 422 g/mol. The predicted octanol–water partition coefficient (Wildman–Crippen LogP) is 3.71. The van der Waals surface area contributed by atoms with Crippen molar-refractivity contribution in [1.29, 1.82) is 0 Å². The fourth-order valence-corrected chi connectivity index (χ4v) is 3.75. The van der Waals surface area contributed by atoms with Crippen molar-refractivity contribution < 1.29 is 14.0 Å². The molecule has 0 radical (unpaired) electrons. The average molecular weight is 422 g/mol. The van der Waals surface area contributed by atoms with E-state index in [1.807, 2.05) is 23.6 Å². The Labute approximate surface area is 175 Å². The van der Waals surface area contributed by atoms with Gasteiger partial charge in [-0.3, -0.25) is 14.2 Å². The average Bonchev–Trinajstić information content (AvgIpc) is 3.30. The number of hydrogen-bond acceptors (Lipinski definition) is 6. The number of amides is 2. The third-order valence-electron chi connectivity index (χ3n) is 4.39. The van der Waals surface area contributed by atoms with E-state index in [0.29, 0.717) is 21.9 Å². The van der Waals surface area contributed by atoms with E-state index < -0.39 is 5.76 Å². The first-order chi connectivity index (χ1) is 14.5. The Morgan fingerprint density at radius 1 is 1.10 bits per heavy atom. The lowest BCUT2D eigenvalue weighted by molar-refractivity contribution is -0.116. The number of aromatic nitrogens is 2. The lowest BCUT2D eigenvalue weighted by Crippen LogP contribution is -2.19. The van der Waals surface area contributed by atoms with E-state index in [9.17, 15) is 14.4 Å². The number of para-hydroxylation sites is 2. The van der Waals surface area contributed by atoms with Crippen molar-refractivity contribution in [3.05, 3.63) is 64.5 Å². The first-order valence-electron chi connectivity index (χ1n) is 9.21. The van der Waals surface area contributed by atoms with Crippen molar-refractivity contribution in [2.45, 2.75) is 19.9 Å². The highest BCUT2D eigenvalue weighted by Gasteiger charge is 2.12. The molecule has 2 heterocycles. The van der Waals surface area contributed by atoms with Gasteiger partial charge in [0.25, 0.3) is 0 Å². The van der Waals surface area contributed by atoms with Crippen LogP contribution in [0.3, 0.4) is 0 Å². The van der Waals surface area contributed by atoms with Gasteiger partial charge in [0.2, 0.25) is 11.8 Å². The van der Waals surface area contributed by atoms with Crippen molar-refractivity contribution >= 4 is 45.1 Å². The number of nitrogens with one attached hydrogen (secondary N) is 2. The van der Waals surface area contributed by atoms with Crippen molar-refractivity contribution in [2.75, 3.05) is 10.6 Å². The highest BCUT2D eigenvalue weighted by molar-refractivity contribution is 7.14. The minimum absolute atomic E-state index is 0.115. The normalized spacial score (nSPS) is 10.8. The maximum absolute atomic E-state index is 12.3. The lowest BCUT2D eigenvalue weighted by Gasteiger charge is -2.03. The molecule has 30 heavy (non-hydrogen) atoms. The third kappa shape index (κ3) is 4.31. The second kappa shape index (κ2) is 8.34. The molecule has 0 atom stereocenters. The Bertz CT molecular complexity index is 1270. The van der Waals surface area contributed by atoms with Gasteiger partial charge >= 0.3 is 5.76 Å². The smallest absolute Gasteiger partial charge is 0.408 e. The zero-order chi connectivity index (χ0) is 21.1. The van der Waals surface area contributed by atoms with Crippen LogP contribution in [-0.4, -0.2) is 21.4 Å². The van der Waals surface area contributed by atoms with Gasteiger partial charge in [-0.1, -0.05) is 24.3 Å². The van der Waals surface area contributed by atoms with E-state index in [1.54, 1.807) is 30.3 Å². The number of fused-ring (bicyclic) bond motifs is 1. The Balaban J connectivity index is 1.38. The van der Waals surface area contributed by atoms with Gasteiger partial charge in [0.15, 0.2) is 10.7 Å². The van der Waals surface area contributed by atoms with Gasteiger partial charge in [-0.2, -0.15) is 0 Å². The van der Waals surface area contributed by atoms with Crippen LogP contribution in [0.4, 0.5) is 10.8 Å². The molecule has 4 aromatic rings. The zero-order valence-corrected chi connectivity index (χ0v) is 16.9. The summed E-state index contributed by atoms with van der Waals surface area (Å²) < 4.78 is 6.62. The third-order valence-corrected chi connectivity index (χ3v) is 5.15. The lowest BCUT2D eigenvalue weighted by atomic mass is 10.1. The topological polar surface area (TPSA) is 106 Å². The molecular formula is C21H18N4O4S. The van der Waals surface area contributed by atoms with Gasteiger partial charge in [0, 0.05) is 36.5 Å². The molecule has 8 nitrogen and oxygen atoms in total. The van der Waals surface area contributed by atoms with Crippen LogP contribution in [-0.2, 0) is 16.1 Å². The quantitative estimate of drug-likeness (QED) is 0.493. The molecule has 0 aliphatic carbocycles. The molecule has 0 unspecified atom stereocenters. The van der Waals surface area contributed by atoms with Crippen molar-refractivity contribution in [2.24, 2.45) is 0 Å². The molecule has 2 N–H and O–H groups in total. The molecule has 9 heteroatoms. The second-order valence-corrected chi connectivity index (χ2v) is 7.44. The van der Waals surface area contributed by atoms with Gasteiger partial charge in [-0.25, -0.2) is 9.78 Å². The van der Waals surface area contributed by atoms with Crippen molar-refractivity contribution in [3.8, 4) is 11.3 Å². The molecular weight excluding hydrogens is 404 g/mol. The predicted molar refractivity (Wildman–Crippen MR) is 116 cm³/mol. The number of anilines is 2. The van der Waals surface area contributed by atoms with Crippen LogP contribution < -0.4 is 16.4 Å². The standard InChI is InChI=1S/C21H18N4O4S/c1-13(26)22-15-8-6-14(7-9-15)16-12-30-20(23-16)24-19(27)10-11-25-17-4-2-3-5-18(17)29-21(25)28/h2-9,12H,10-11H2,1H3,(H,22,26)(H,23,24,27). The Morgan fingerprint density at radius 3 is 2.63 bits per heavy atom. The van der Waals surface area contributed by atoms with E-state index in [2.05, 4.69) is 15.6 Å². The van der Waals surface area contributed by atoms with Gasteiger partial charge in [0.05, 0.1) is 11.2 Å². The minimum Gasteiger partial charge on any atom is -0.408 e. The second-order valence-electron chi connectivity index (χ2n) is 6.58. The van der Waals surface area contributed by atoms with E-state index in [1.165, 1.54) is 22.8 Å². The van der Waals surface area contributed by atoms with Gasteiger partial charge in [-0.05, 0) is 24.3 Å². The molecule has 2 aromatic carbocycles. The summed E-state index contributed by atoms with van der Waals surface area (Å²) in [6.07, 6.45) is 0.115. The fraction of sp³-hybridized carbons (Fsp3) is 0.143. The first-order valence-corrected chi connectivity index (χ1v) is 10.1.